The lowest BCUT2D eigenvalue weighted by atomic mass is 10.1. The summed E-state index contributed by atoms with van der Waals surface area (Å²) in [6.07, 6.45) is 3.96. The van der Waals surface area contributed by atoms with Gasteiger partial charge in [0.05, 0.1) is 0 Å². The fraction of sp³-hybridized carbons (Fsp3) is 0.636. The van der Waals surface area contributed by atoms with Crippen LogP contribution < -0.4 is 5.32 Å². The second-order valence-electron chi connectivity index (χ2n) is 3.62. The molecule has 0 aliphatic heterocycles. The molecule has 1 heterocycles. The molecule has 15 heavy (non-hydrogen) atoms. The Kier molecular flexibility index (Phi) is 6.13. The summed E-state index contributed by atoms with van der Waals surface area (Å²) in [6, 6.07) is 4.79. The lowest BCUT2D eigenvalue weighted by Gasteiger charge is -2.15. The zero-order chi connectivity index (χ0) is 11.1. The largest absolute Gasteiger partial charge is 0.313 e. The highest BCUT2D eigenvalue weighted by molar-refractivity contribution is 7.84. The van der Waals surface area contributed by atoms with Crippen LogP contribution in [0.1, 0.15) is 18.2 Å². The van der Waals surface area contributed by atoms with Gasteiger partial charge in [0.2, 0.25) is 0 Å². The molecule has 0 saturated heterocycles. The molecule has 2 atom stereocenters. The van der Waals surface area contributed by atoms with E-state index in [9.17, 15) is 4.21 Å². The molecule has 2 unspecified atom stereocenters. The summed E-state index contributed by atoms with van der Waals surface area (Å²) in [5, 5.41) is 5.57. The molecule has 1 rings (SSSR count). The van der Waals surface area contributed by atoms with Crippen molar-refractivity contribution in [2.75, 3.05) is 18.6 Å². The Morgan fingerprint density at radius 3 is 2.93 bits per heavy atom. The van der Waals surface area contributed by atoms with Gasteiger partial charge in [-0.2, -0.15) is 0 Å². The maximum atomic E-state index is 10.9. The first-order valence-electron chi connectivity index (χ1n) is 5.28. The molecule has 0 aromatic carbocycles. The standard InChI is InChI=1S/C11H19NOS2/c1-3-10(12-6-8-15(2)13)9-11-5-4-7-14-11/h4-5,7,10,12H,3,6,8-9H2,1-2H3. The van der Waals surface area contributed by atoms with E-state index in [1.54, 1.807) is 17.6 Å². The smallest absolute Gasteiger partial charge is 0.0357 e. The van der Waals surface area contributed by atoms with Gasteiger partial charge in [-0.1, -0.05) is 13.0 Å². The van der Waals surface area contributed by atoms with E-state index in [1.807, 2.05) is 0 Å². The molecule has 0 radical (unpaired) electrons. The quantitative estimate of drug-likeness (QED) is 0.796. The van der Waals surface area contributed by atoms with Crippen LogP contribution in [-0.4, -0.2) is 28.8 Å². The van der Waals surface area contributed by atoms with Crippen LogP contribution in [0.25, 0.3) is 0 Å². The average molecular weight is 245 g/mol. The molecule has 4 heteroatoms. The molecule has 1 aromatic rings. The summed E-state index contributed by atoms with van der Waals surface area (Å²) < 4.78 is 10.9. The van der Waals surface area contributed by atoms with Crippen LogP contribution in [0.15, 0.2) is 17.5 Å². The number of thiophene rings is 1. The lowest BCUT2D eigenvalue weighted by Crippen LogP contribution is -2.33. The lowest BCUT2D eigenvalue weighted by molar-refractivity contribution is 0.514. The third-order valence-corrected chi connectivity index (χ3v) is 4.02. The average Bonchev–Trinajstić information content (AvgIpc) is 2.68. The van der Waals surface area contributed by atoms with Crippen molar-refractivity contribution in [2.45, 2.75) is 25.8 Å². The fourth-order valence-electron chi connectivity index (χ4n) is 1.44. The summed E-state index contributed by atoms with van der Waals surface area (Å²) in [5.74, 6) is 0.751. The molecule has 0 fully saturated rings. The Morgan fingerprint density at radius 2 is 2.40 bits per heavy atom. The van der Waals surface area contributed by atoms with Gasteiger partial charge in [-0.15, -0.1) is 11.3 Å². The summed E-state index contributed by atoms with van der Waals surface area (Å²) in [4.78, 5) is 1.42. The number of hydrogen-bond donors (Lipinski definition) is 1. The number of rotatable bonds is 7. The molecule has 86 valence electrons. The van der Waals surface area contributed by atoms with Crippen LogP contribution in [-0.2, 0) is 17.2 Å². The number of nitrogens with one attached hydrogen (secondary N) is 1. The van der Waals surface area contributed by atoms with E-state index in [4.69, 9.17) is 0 Å². The van der Waals surface area contributed by atoms with Crippen molar-refractivity contribution in [3.63, 3.8) is 0 Å². The van der Waals surface area contributed by atoms with Gasteiger partial charge in [0.25, 0.3) is 0 Å². The van der Waals surface area contributed by atoms with Gasteiger partial charge in [0.15, 0.2) is 0 Å². The highest BCUT2D eigenvalue weighted by atomic mass is 32.2. The third-order valence-electron chi connectivity index (χ3n) is 2.34. The molecule has 1 N–H and O–H groups in total. The van der Waals surface area contributed by atoms with E-state index < -0.39 is 10.8 Å². The highest BCUT2D eigenvalue weighted by Gasteiger charge is 2.07. The van der Waals surface area contributed by atoms with Gasteiger partial charge in [-0.3, -0.25) is 4.21 Å². The van der Waals surface area contributed by atoms with Gasteiger partial charge >= 0.3 is 0 Å². The van der Waals surface area contributed by atoms with Crippen LogP contribution in [0, 0.1) is 0 Å². The highest BCUT2D eigenvalue weighted by Crippen LogP contribution is 2.12. The van der Waals surface area contributed by atoms with Crippen LogP contribution in [0.4, 0.5) is 0 Å². The van der Waals surface area contributed by atoms with Crippen molar-refractivity contribution in [3.8, 4) is 0 Å². The molecule has 0 aliphatic carbocycles. The van der Waals surface area contributed by atoms with Crippen molar-refractivity contribution in [2.24, 2.45) is 0 Å². The van der Waals surface area contributed by atoms with Crippen LogP contribution in [0.3, 0.4) is 0 Å². The van der Waals surface area contributed by atoms with E-state index in [0.717, 1.165) is 25.1 Å². The van der Waals surface area contributed by atoms with E-state index in [0.29, 0.717) is 6.04 Å². The van der Waals surface area contributed by atoms with Crippen LogP contribution in [0.2, 0.25) is 0 Å². The minimum atomic E-state index is -0.683. The van der Waals surface area contributed by atoms with Crippen molar-refractivity contribution < 1.29 is 4.21 Å². The maximum absolute atomic E-state index is 10.9. The van der Waals surface area contributed by atoms with Crippen LogP contribution in [0.5, 0.6) is 0 Å². The zero-order valence-corrected chi connectivity index (χ0v) is 11.0. The van der Waals surface area contributed by atoms with E-state index in [-0.39, 0.29) is 0 Å². The van der Waals surface area contributed by atoms with Crippen molar-refractivity contribution in [3.05, 3.63) is 22.4 Å². The molecule has 2 nitrogen and oxygen atoms in total. The first-order valence-corrected chi connectivity index (χ1v) is 7.88. The Labute approximate surface area is 98.6 Å². The van der Waals surface area contributed by atoms with Crippen LogP contribution >= 0.6 is 11.3 Å². The normalized spacial score (nSPS) is 15.1. The van der Waals surface area contributed by atoms with E-state index >= 15 is 0 Å². The topological polar surface area (TPSA) is 29.1 Å². The SMILES string of the molecule is CCC(Cc1cccs1)NCCS(C)=O. The van der Waals surface area contributed by atoms with Gasteiger partial charge in [-0.25, -0.2) is 0 Å². The first kappa shape index (κ1) is 12.9. The van der Waals surface area contributed by atoms with Gasteiger partial charge in [0.1, 0.15) is 0 Å². The van der Waals surface area contributed by atoms with Crippen molar-refractivity contribution in [1.29, 1.82) is 0 Å². The van der Waals surface area contributed by atoms with E-state index in [2.05, 4.69) is 29.8 Å². The third kappa shape index (κ3) is 5.44. The minimum Gasteiger partial charge on any atom is -0.313 e. The fourth-order valence-corrected chi connectivity index (χ4v) is 2.63. The maximum Gasteiger partial charge on any atom is 0.0357 e. The van der Waals surface area contributed by atoms with Gasteiger partial charge in [-0.05, 0) is 24.3 Å². The summed E-state index contributed by atoms with van der Waals surface area (Å²) in [7, 11) is -0.683. The second kappa shape index (κ2) is 7.14. The molecule has 1 aromatic heterocycles. The predicted octanol–water partition coefficient (Wildman–Crippen LogP) is 2.04. The number of hydrogen-bond acceptors (Lipinski definition) is 3. The molecule has 0 aliphatic rings. The summed E-state index contributed by atoms with van der Waals surface area (Å²) >= 11 is 1.81. The van der Waals surface area contributed by atoms with Gasteiger partial charge < -0.3 is 5.32 Å². The monoisotopic (exact) mass is 245 g/mol. The second-order valence-corrected chi connectivity index (χ2v) is 6.21. The Morgan fingerprint density at radius 1 is 1.60 bits per heavy atom. The molecule has 0 amide bonds. The minimum absolute atomic E-state index is 0.521. The molecule has 0 spiro atoms. The van der Waals surface area contributed by atoms with Gasteiger partial charge in [0, 0.05) is 40.3 Å². The Hall–Kier alpha value is -0.190. The molecular weight excluding hydrogens is 226 g/mol. The predicted molar refractivity (Wildman–Crippen MR) is 69.0 cm³/mol. The summed E-state index contributed by atoms with van der Waals surface area (Å²) in [5.41, 5.74) is 0. The van der Waals surface area contributed by atoms with E-state index in [1.165, 1.54) is 4.88 Å². The molecular formula is C11H19NOS2. The Balaban J connectivity index is 2.27. The van der Waals surface area contributed by atoms with Crippen molar-refractivity contribution >= 4 is 22.1 Å². The first-order chi connectivity index (χ1) is 7.22. The summed E-state index contributed by atoms with van der Waals surface area (Å²) in [6.45, 7) is 3.04. The van der Waals surface area contributed by atoms with Crippen molar-refractivity contribution in [1.82, 2.24) is 5.32 Å². The Bertz CT molecular complexity index is 285. The molecule has 0 saturated carbocycles. The molecule has 0 bridgehead atoms. The zero-order valence-electron chi connectivity index (χ0n) is 9.36.